The molecule has 0 saturated carbocycles. The average Bonchev–Trinajstić information content (AvgIpc) is 2.97. The van der Waals surface area contributed by atoms with E-state index in [0.29, 0.717) is 54.3 Å². The van der Waals surface area contributed by atoms with Gasteiger partial charge in [0.2, 0.25) is 5.91 Å². The Morgan fingerprint density at radius 1 is 1.14 bits per heavy atom. The van der Waals surface area contributed by atoms with Crippen LogP contribution in [0.3, 0.4) is 0 Å². The largest absolute Gasteiger partial charge is 0.490 e. The monoisotopic (exact) mass is 517 g/mol. The Balaban J connectivity index is 1.91. The van der Waals surface area contributed by atoms with Gasteiger partial charge < -0.3 is 9.47 Å². The van der Waals surface area contributed by atoms with Gasteiger partial charge in [0.25, 0.3) is 5.91 Å². The van der Waals surface area contributed by atoms with Gasteiger partial charge in [-0.15, -0.1) is 0 Å². The van der Waals surface area contributed by atoms with Crippen molar-refractivity contribution in [1.82, 2.24) is 5.32 Å². The zero-order valence-corrected chi connectivity index (χ0v) is 19.0. The summed E-state index contributed by atoms with van der Waals surface area (Å²) in [5.74, 6) is 0.205. The Hall–Kier alpha value is -1.73. The number of ether oxygens (including phenoxy) is 2. The minimum absolute atomic E-state index is 0.0461. The predicted molar refractivity (Wildman–Crippen MR) is 117 cm³/mol. The summed E-state index contributed by atoms with van der Waals surface area (Å²) in [7, 11) is 0. The summed E-state index contributed by atoms with van der Waals surface area (Å²) < 4.78 is 12.2. The Morgan fingerprint density at radius 2 is 1.86 bits per heavy atom. The van der Waals surface area contributed by atoms with Gasteiger partial charge in [-0.1, -0.05) is 34.8 Å². The molecule has 9 heteroatoms. The topological polar surface area (TPSA) is 64.6 Å². The first-order valence-electron chi connectivity index (χ1n) is 8.56. The molecule has 1 aliphatic rings. The SMILES string of the molecule is CCOc1cc(/C=C2\CC(=O)NC2=O)cc(Br)c1OCc1c(Cl)ccc(Cl)c1Cl. The average molecular weight is 520 g/mol. The fourth-order valence-electron chi connectivity index (χ4n) is 2.74. The molecule has 0 aromatic heterocycles. The van der Waals surface area contributed by atoms with Crippen molar-refractivity contribution in [3.63, 3.8) is 0 Å². The van der Waals surface area contributed by atoms with Crippen LogP contribution in [-0.2, 0) is 16.2 Å². The van der Waals surface area contributed by atoms with E-state index in [-0.39, 0.29) is 18.9 Å². The Morgan fingerprint density at radius 3 is 2.52 bits per heavy atom. The van der Waals surface area contributed by atoms with Crippen LogP contribution in [0.1, 0.15) is 24.5 Å². The summed E-state index contributed by atoms with van der Waals surface area (Å²) in [5.41, 5.74) is 1.63. The van der Waals surface area contributed by atoms with Crippen LogP contribution in [0.15, 0.2) is 34.3 Å². The van der Waals surface area contributed by atoms with E-state index in [1.54, 1.807) is 30.3 Å². The van der Waals surface area contributed by atoms with E-state index in [2.05, 4.69) is 21.2 Å². The maximum Gasteiger partial charge on any atom is 0.254 e. The van der Waals surface area contributed by atoms with E-state index in [1.165, 1.54) is 0 Å². The third-order valence-electron chi connectivity index (χ3n) is 4.07. The molecular weight excluding hydrogens is 504 g/mol. The van der Waals surface area contributed by atoms with Crippen LogP contribution in [-0.4, -0.2) is 18.4 Å². The molecule has 2 aromatic rings. The number of hydrogen-bond acceptors (Lipinski definition) is 4. The van der Waals surface area contributed by atoms with Crippen molar-refractivity contribution >= 4 is 68.6 Å². The van der Waals surface area contributed by atoms with Crippen LogP contribution in [0, 0.1) is 0 Å². The summed E-state index contributed by atoms with van der Waals surface area (Å²) in [5, 5.41) is 3.40. The number of benzene rings is 2. The minimum atomic E-state index is -0.394. The van der Waals surface area contributed by atoms with E-state index >= 15 is 0 Å². The van der Waals surface area contributed by atoms with Gasteiger partial charge >= 0.3 is 0 Å². The number of imide groups is 1. The normalized spacial score (nSPS) is 15.0. The molecule has 3 rings (SSSR count). The Kier molecular flexibility index (Phi) is 7.11. The van der Waals surface area contributed by atoms with Crippen LogP contribution >= 0.6 is 50.7 Å². The lowest BCUT2D eigenvalue weighted by Crippen LogP contribution is -2.19. The molecule has 1 fully saturated rings. The number of halogens is 4. The summed E-state index contributed by atoms with van der Waals surface area (Å²) in [6, 6.07) is 6.76. The number of carbonyl (C=O) groups is 2. The second-order valence-corrected chi connectivity index (χ2v) is 8.14. The number of rotatable bonds is 6. The lowest BCUT2D eigenvalue weighted by atomic mass is 10.1. The van der Waals surface area contributed by atoms with Crippen LogP contribution < -0.4 is 14.8 Å². The van der Waals surface area contributed by atoms with E-state index in [0.717, 1.165) is 0 Å². The van der Waals surface area contributed by atoms with Gasteiger partial charge in [0, 0.05) is 16.2 Å². The zero-order chi connectivity index (χ0) is 21.1. The molecule has 1 aliphatic heterocycles. The van der Waals surface area contributed by atoms with Gasteiger partial charge in [-0.3, -0.25) is 14.9 Å². The number of amides is 2. The molecule has 2 amide bonds. The van der Waals surface area contributed by atoms with Crippen molar-refractivity contribution in [2.45, 2.75) is 20.0 Å². The van der Waals surface area contributed by atoms with Gasteiger partial charge in [-0.25, -0.2) is 0 Å². The highest BCUT2D eigenvalue weighted by Gasteiger charge is 2.24. The van der Waals surface area contributed by atoms with Crippen molar-refractivity contribution in [2.75, 3.05) is 6.61 Å². The number of hydrogen-bond donors (Lipinski definition) is 1. The van der Waals surface area contributed by atoms with Crippen molar-refractivity contribution in [2.24, 2.45) is 0 Å². The van der Waals surface area contributed by atoms with Gasteiger partial charge in [0.1, 0.15) is 6.61 Å². The second-order valence-electron chi connectivity index (χ2n) is 6.10. The summed E-state index contributed by atoms with van der Waals surface area (Å²) in [4.78, 5) is 23.2. The van der Waals surface area contributed by atoms with Crippen molar-refractivity contribution in [1.29, 1.82) is 0 Å². The zero-order valence-electron chi connectivity index (χ0n) is 15.2. The Bertz CT molecular complexity index is 1020. The smallest absolute Gasteiger partial charge is 0.254 e. The molecule has 1 N–H and O–H groups in total. The molecule has 1 saturated heterocycles. The predicted octanol–water partition coefficient (Wildman–Crippen LogP) is 5.82. The summed E-state index contributed by atoms with van der Waals surface area (Å²) >= 11 is 22.0. The van der Waals surface area contributed by atoms with Crippen molar-refractivity contribution < 1.29 is 19.1 Å². The van der Waals surface area contributed by atoms with E-state index in [1.807, 2.05) is 6.92 Å². The molecule has 5 nitrogen and oxygen atoms in total. The molecule has 0 atom stereocenters. The number of nitrogens with one attached hydrogen (secondary N) is 1. The molecule has 2 aromatic carbocycles. The maximum absolute atomic E-state index is 11.8. The third-order valence-corrected chi connectivity index (χ3v) is 5.85. The van der Waals surface area contributed by atoms with Gasteiger partial charge in [0.15, 0.2) is 11.5 Å². The standard InChI is InChI=1S/C20H15BrCl3NO4/c1-2-28-16-7-10(5-11-8-17(26)25-20(11)27)6-13(21)19(16)29-9-12-14(22)3-4-15(23)18(12)24/h3-7H,2,8-9H2,1H3,(H,25,26,27)/b11-5+. The highest BCUT2D eigenvalue weighted by molar-refractivity contribution is 9.10. The summed E-state index contributed by atoms with van der Waals surface area (Å²) in [6.45, 7) is 2.32. The molecule has 152 valence electrons. The lowest BCUT2D eigenvalue weighted by Gasteiger charge is -2.16. The van der Waals surface area contributed by atoms with Crippen molar-refractivity contribution in [3.8, 4) is 11.5 Å². The van der Waals surface area contributed by atoms with Crippen LogP contribution in [0.25, 0.3) is 6.08 Å². The molecule has 29 heavy (non-hydrogen) atoms. The van der Waals surface area contributed by atoms with Crippen molar-refractivity contribution in [3.05, 3.63) is 60.5 Å². The van der Waals surface area contributed by atoms with Crippen LogP contribution in [0.2, 0.25) is 15.1 Å². The lowest BCUT2D eigenvalue weighted by molar-refractivity contribution is -0.124. The van der Waals surface area contributed by atoms with Gasteiger partial charge in [0.05, 0.1) is 27.5 Å². The van der Waals surface area contributed by atoms with Gasteiger partial charge in [-0.2, -0.15) is 0 Å². The molecule has 0 unspecified atom stereocenters. The molecule has 0 aliphatic carbocycles. The summed E-state index contributed by atoms with van der Waals surface area (Å²) in [6.07, 6.45) is 1.69. The van der Waals surface area contributed by atoms with E-state index in [9.17, 15) is 9.59 Å². The first-order valence-corrected chi connectivity index (χ1v) is 10.5. The maximum atomic E-state index is 11.8. The minimum Gasteiger partial charge on any atom is -0.490 e. The van der Waals surface area contributed by atoms with E-state index in [4.69, 9.17) is 44.3 Å². The molecule has 0 spiro atoms. The van der Waals surface area contributed by atoms with Crippen LogP contribution in [0.4, 0.5) is 0 Å². The molecule has 1 heterocycles. The molecule has 0 bridgehead atoms. The quantitative estimate of drug-likeness (QED) is 0.297. The van der Waals surface area contributed by atoms with E-state index < -0.39 is 5.91 Å². The first kappa shape index (κ1) is 22.0. The second kappa shape index (κ2) is 9.39. The highest BCUT2D eigenvalue weighted by atomic mass is 79.9. The molecular formula is C20H15BrCl3NO4. The fourth-order valence-corrected chi connectivity index (χ4v) is 3.97. The first-order chi connectivity index (χ1) is 13.8. The molecule has 0 radical (unpaired) electrons. The highest BCUT2D eigenvalue weighted by Crippen LogP contribution is 2.39. The third kappa shape index (κ3) is 5.07. The van der Waals surface area contributed by atoms with Gasteiger partial charge in [-0.05, 0) is 58.8 Å². The fraction of sp³-hybridized carbons (Fsp3) is 0.200. The van der Waals surface area contributed by atoms with Crippen LogP contribution in [0.5, 0.6) is 11.5 Å². The number of carbonyl (C=O) groups excluding carboxylic acids is 2. The Labute approximate surface area is 191 Å².